The fourth-order valence-electron chi connectivity index (χ4n) is 3.36. The molecule has 0 bridgehead atoms. The molecule has 1 aliphatic rings. The van der Waals surface area contributed by atoms with Crippen LogP contribution in [-0.4, -0.2) is 38.3 Å². The lowest BCUT2D eigenvalue weighted by Crippen LogP contribution is -2.32. The molecule has 2 atom stereocenters. The molecule has 1 aromatic rings. The first-order valence-electron chi connectivity index (χ1n) is 8.16. The predicted octanol–water partition coefficient (Wildman–Crippen LogP) is 2.85. The van der Waals surface area contributed by atoms with Crippen molar-refractivity contribution in [2.75, 3.05) is 33.4 Å². The average Bonchev–Trinajstić information content (AvgIpc) is 2.90. The minimum absolute atomic E-state index is 0.347. The number of methoxy groups -OCH3 is 1. The molecule has 0 spiro atoms. The van der Waals surface area contributed by atoms with Crippen molar-refractivity contribution in [2.45, 2.75) is 32.7 Å². The quantitative estimate of drug-likeness (QED) is 0.839. The van der Waals surface area contributed by atoms with Crippen molar-refractivity contribution in [3.63, 3.8) is 0 Å². The summed E-state index contributed by atoms with van der Waals surface area (Å²) in [4.78, 5) is 2.52. The molecule has 2 unspecified atom stereocenters. The van der Waals surface area contributed by atoms with E-state index in [1.165, 1.54) is 17.5 Å². The van der Waals surface area contributed by atoms with Gasteiger partial charge in [0, 0.05) is 26.2 Å². The lowest BCUT2D eigenvalue weighted by molar-refractivity contribution is 0.147. The van der Waals surface area contributed by atoms with Gasteiger partial charge in [0.25, 0.3) is 0 Å². The molecule has 0 saturated carbocycles. The fourth-order valence-corrected chi connectivity index (χ4v) is 3.36. The third-order valence-corrected chi connectivity index (χ3v) is 4.39. The zero-order chi connectivity index (χ0) is 15.2. The number of likely N-dealkylation sites (tertiary alicyclic amines) is 1. The molecule has 21 heavy (non-hydrogen) atoms. The van der Waals surface area contributed by atoms with Crippen LogP contribution in [0.1, 0.15) is 37.4 Å². The molecule has 2 N–H and O–H groups in total. The van der Waals surface area contributed by atoms with Crippen LogP contribution in [0.5, 0.6) is 0 Å². The number of hydrogen-bond donors (Lipinski definition) is 1. The first-order valence-corrected chi connectivity index (χ1v) is 8.16. The second-order valence-electron chi connectivity index (χ2n) is 6.70. The van der Waals surface area contributed by atoms with Crippen molar-refractivity contribution in [3.8, 4) is 0 Å². The zero-order valence-electron chi connectivity index (χ0n) is 13.7. The summed E-state index contributed by atoms with van der Waals surface area (Å²) >= 11 is 0. The van der Waals surface area contributed by atoms with Gasteiger partial charge in [-0.05, 0) is 42.3 Å². The van der Waals surface area contributed by atoms with E-state index in [4.69, 9.17) is 10.5 Å². The number of nitrogens with two attached hydrogens (primary N) is 1. The maximum absolute atomic E-state index is 6.05. The largest absolute Gasteiger partial charge is 0.384 e. The molecule has 1 fully saturated rings. The van der Waals surface area contributed by atoms with E-state index >= 15 is 0 Å². The Morgan fingerprint density at radius 1 is 1.29 bits per heavy atom. The van der Waals surface area contributed by atoms with Gasteiger partial charge in [0.15, 0.2) is 0 Å². The molecule has 1 aliphatic heterocycles. The van der Waals surface area contributed by atoms with E-state index in [9.17, 15) is 0 Å². The van der Waals surface area contributed by atoms with Crippen molar-refractivity contribution in [3.05, 3.63) is 35.4 Å². The van der Waals surface area contributed by atoms with Crippen LogP contribution < -0.4 is 5.73 Å². The monoisotopic (exact) mass is 290 g/mol. The minimum atomic E-state index is 0.347. The molecule has 0 aliphatic carbocycles. The van der Waals surface area contributed by atoms with E-state index in [0.717, 1.165) is 26.1 Å². The Bertz CT molecular complexity index is 416. The molecule has 3 nitrogen and oxygen atoms in total. The standard InChI is InChI=1S/C18H30N2O/c1-14(2)10-15-4-6-17(7-5-15)18(11-19)20-9-8-16(12-20)13-21-3/h4-7,14,16,18H,8-13,19H2,1-3H3. The first kappa shape index (κ1) is 16.5. The summed E-state index contributed by atoms with van der Waals surface area (Å²) in [5, 5.41) is 0. The van der Waals surface area contributed by atoms with Gasteiger partial charge < -0.3 is 10.5 Å². The van der Waals surface area contributed by atoms with Crippen molar-refractivity contribution >= 4 is 0 Å². The normalized spacial score (nSPS) is 21.1. The Balaban J connectivity index is 2.00. The highest BCUT2D eigenvalue weighted by Gasteiger charge is 2.28. The van der Waals surface area contributed by atoms with Gasteiger partial charge in [0.1, 0.15) is 0 Å². The topological polar surface area (TPSA) is 38.5 Å². The molecular weight excluding hydrogens is 260 g/mol. The van der Waals surface area contributed by atoms with Gasteiger partial charge in [-0.25, -0.2) is 0 Å². The molecular formula is C18H30N2O. The van der Waals surface area contributed by atoms with Crippen LogP contribution in [0.3, 0.4) is 0 Å². The first-order chi connectivity index (χ1) is 10.1. The van der Waals surface area contributed by atoms with E-state index < -0.39 is 0 Å². The van der Waals surface area contributed by atoms with Crippen molar-refractivity contribution in [2.24, 2.45) is 17.6 Å². The number of nitrogens with zero attached hydrogens (tertiary/aromatic N) is 1. The lowest BCUT2D eigenvalue weighted by atomic mass is 9.99. The maximum atomic E-state index is 6.05. The van der Waals surface area contributed by atoms with Gasteiger partial charge in [0.2, 0.25) is 0 Å². The summed E-state index contributed by atoms with van der Waals surface area (Å²) in [7, 11) is 1.79. The molecule has 118 valence electrons. The van der Waals surface area contributed by atoms with Gasteiger partial charge in [-0.15, -0.1) is 0 Å². The van der Waals surface area contributed by atoms with Crippen molar-refractivity contribution in [1.82, 2.24) is 4.90 Å². The van der Waals surface area contributed by atoms with Crippen LogP contribution >= 0.6 is 0 Å². The van der Waals surface area contributed by atoms with Crippen molar-refractivity contribution < 1.29 is 4.74 Å². The van der Waals surface area contributed by atoms with E-state index in [2.05, 4.69) is 43.0 Å². The second-order valence-corrected chi connectivity index (χ2v) is 6.70. The van der Waals surface area contributed by atoms with Crippen LogP contribution in [0.15, 0.2) is 24.3 Å². The summed E-state index contributed by atoms with van der Waals surface area (Å²) in [6.07, 6.45) is 2.36. The summed E-state index contributed by atoms with van der Waals surface area (Å²) in [6, 6.07) is 9.40. The SMILES string of the molecule is COCC1CCN(C(CN)c2ccc(CC(C)C)cc2)C1. The van der Waals surface area contributed by atoms with Crippen LogP contribution in [0.4, 0.5) is 0 Å². The van der Waals surface area contributed by atoms with Gasteiger partial charge in [0.05, 0.1) is 6.61 Å². The highest BCUT2D eigenvalue weighted by Crippen LogP contribution is 2.27. The number of ether oxygens (including phenoxy) is 1. The zero-order valence-corrected chi connectivity index (χ0v) is 13.7. The smallest absolute Gasteiger partial charge is 0.0503 e. The molecule has 0 radical (unpaired) electrons. The number of rotatable bonds is 7. The Labute approximate surface area is 129 Å². The van der Waals surface area contributed by atoms with E-state index in [1.54, 1.807) is 7.11 Å². The molecule has 1 saturated heterocycles. The van der Waals surface area contributed by atoms with Gasteiger partial charge in [-0.2, -0.15) is 0 Å². The van der Waals surface area contributed by atoms with Crippen LogP contribution in [0.25, 0.3) is 0 Å². The van der Waals surface area contributed by atoms with Gasteiger partial charge in [-0.3, -0.25) is 4.90 Å². The molecule has 1 aromatic carbocycles. The summed E-state index contributed by atoms with van der Waals surface area (Å²) in [5.74, 6) is 1.36. The van der Waals surface area contributed by atoms with Gasteiger partial charge >= 0.3 is 0 Å². The highest BCUT2D eigenvalue weighted by molar-refractivity contribution is 5.26. The maximum Gasteiger partial charge on any atom is 0.0503 e. The van der Waals surface area contributed by atoms with Crippen LogP contribution in [-0.2, 0) is 11.2 Å². The van der Waals surface area contributed by atoms with Crippen LogP contribution in [0, 0.1) is 11.8 Å². The van der Waals surface area contributed by atoms with Crippen LogP contribution in [0.2, 0.25) is 0 Å². The molecule has 0 aromatic heterocycles. The van der Waals surface area contributed by atoms with E-state index in [-0.39, 0.29) is 0 Å². The molecule has 2 rings (SSSR count). The molecule has 0 amide bonds. The lowest BCUT2D eigenvalue weighted by Gasteiger charge is -2.27. The summed E-state index contributed by atoms with van der Waals surface area (Å²) < 4.78 is 5.29. The second kappa shape index (κ2) is 7.92. The predicted molar refractivity (Wildman–Crippen MR) is 88.3 cm³/mol. The average molecular weight is 290 g/mol. The Kier molecular flexibility index (Phi) is 6.22. The third kappa shape index (κ3) is 4.53. The minimum Gasteiger partial charge on any atom is -0.384 e. The Morgan fingerprint density at radius 3 is 2.57 bits per heavy atom. The molecule has 1 heterocycles. The molecule has 3 heteroatoms. The van der Waals surface area contributed by atoms with Gasteiger partial charge in [-0.1, -0.05) is 38.1 Å². The van der Waals surface area contributed by atoms with Crippen molar-refractivity contribution in [1.29, 1.82) is 0 Å². The number of hydrogen-bond acceptors (Lipinski definition) is 3. The Hall–Kier alpha value is -0.900. The fraction of sp³-hybridized carbons (Fsp3) is 0.667. The highest BCUT2D eigenvalue weighted by atomic mass is 16.5. The van der Waals surface area contributed by atoms with E-state index in [0.29, 0.717) is 24.4 Å². The summed E-state index contributed by atoms with van der Waals surface area (Å²) in [6.45, 7) is 8.30. The Morgan fingerprint density at radius 2 is 2.00 bits per heavy atom. The van der Waals surface area contributed by atoms with E-state index in [1.807, 2.05) is 0 Å². The number of benzene rings is 1. The summed E-state index contributed by atoms with van der Waals surface area (Å²) in [5.41, 5.74) is 8.82. The third-order valence-electron chi connectivity index (χ3n) is 4.39.